The van der Waals surface area contributed by atoms with Crippen molar-refractivity contribution in [3.05, 3.63) is 113 Å². The van der Waals surface area contributed by atoms with Crippen LogP contribution in [0.4, 0.5) is 11.4 Å². The van der Waals surface area contributed by atoms with E-state index in [1.165, 1.54) is 5.56 Å². The standard InChI is InChI=1S/C59H83N7O12/c1-5-65(6-2)49-19-20-53(51(44-49)54-43-47(21-22-60-54)57(68)62-52-17-10-13-45-12-7-8-16-50(45)52)63-56(67)46-14-9-15-48(42-46)59(70)64(3)25-26-66-24-11-18-55(66)58(69)61-23-27-72-30-31-74-34-35-76-38-39-78-41-40-77-37-36-75-33-32-73-29-28-71-4/h7-9,12,14-16,19-22,42-44,52,55H,5-6,10-11,13,17-18,23-41H2,1-4H3,(H,61,69)(H,62,68)(H,63,67)/t52-,55-/m0/s1. The highest BCUT2D eigenvalue weighted by Gasteiger charge is 2.31. The summed E-state index contributed by atoms with van der Waals surface area (Å²) >= 11 is 0. The molecule has 0 radical (unpaired) electrons. The molecular weight excluding hydrogens is 999 g/mol. The van der Waals surface area contributed by atoms with Gasteiger partial charge in [0, 0.05) is 81.0 Å². The summed E-state index contributed by atoms with van der Waals surface area (Å²) in [6.45, 7) is 14.9. The van der Waals surface area contributed by atoms with Gasteiger partial charge in [-0.2, -0.15) is 0 Å². The maximum absolute atomic E-state index is 14.0. The molecule has 1 saturated heterocycles. The maximum atomic E-state index is 14.0. The average molecular weight is 1080 g/mol. The molecule has 19 heteroatoms. The minimum absolute atomic E-state index is 0.0594. The fourth-order valence-electron chi connectivity index (χ4n) is 9.41. The number of carbonyl (C=O) groups excluding carboxylic acids is 4. The highest BCUT2D eigenvalue weighted by atomic mass is 16.6. The van der Waals surface area contributed by atoms with Crippen LogP contribution in [0.25, 0.3) is 11.3 Å². The van der Waals surface area contributed by atoms with Gasteiger partial charge >= 0.3 is 0 Å². The van der Waals surface area contributed by atoms with Gasteiger partial charge in [0.15, 0.2) is 0 Å². The molecule has 2 aliphatic rings. The number of benzene rings is 3. The van der Waals surface area contributed by atoms with Gasteiger partial charge in [0.1, 0.15) is 0 Å². The van der Waals surface area contributed by atoms with Crippen LogP contribution in [0.1, 0.15) is 87.8 Å². The Kier molecular flexibility index (Phi) is 27.4. The number of hydrogen-bond acceptors (Lipinski definition) is 15. The Labute approximate surface area is 460 Å². The van der Waals surface area contributed by atoms with Crippen LogP contribution in [0.15, 0.2) is 85.1 Å². The Bertz CT molecular complexity index is 2440. The van der Waals surface area contributed by atoms with Crippen molar-refractivity contribution in [2.24, 2.45) is 0 Å². The molecule has 4 amide bonds. The predicted octanol–water partition coefficient (Wildman–Crippen LogP) is 6.07. The molecule has 0 spiro atoms. The number of fused-ring (bicyclic) bond motifs is 1. The molecule has 0 saturated carbocycles. The molecule has 0 bridgehead atoms. The minimum atomic E-state index is -0.396. The van der Waals surface area contributed by atoms with Crippen LogP contribution in [0.5, 0.6) is 0 Å². The van der Waals surface area contributed by atoms with Crippen LogP contribution >= 0.6 is 0 Å². The zero-order chi connectivity index (χ0) is 55.2. The Morgan fingerprint density at radius 2 is 1.27 bits per heavy atom. The van der Waals surface area contributed by atoms with Crippen molar-refractivity contribution in [2.45, 2.75) is 58.0 Å². The number of anilines is 2. The Morgan fingerprint density at radius 3 is 1.92 bits per heavy atom. The second-order valence-corrected chi connectivity index (χ2v) is 19.0. The molecule has 0 unspecified atom stereocenters. The molecule has 2 heterocycles. The molecule has 1 aliphatic heterocycles. The van der Waals surface area contributed by atoms with E-state index in [2.05, 4.69) is 51.7 Å². The first-order valence-electron chi connectivity index (χ1n) is 27.7. The van der Waals surface area contributed by atoms with Gasteiger partial charge in [-0.15, -0.1) is 0 Å². The number of nitrogens with one attached hydrogen (secondary N) is 3. The van der Waals surface area contributed by atoms with Gasteiger partial charge in [-0.05, 0) is 112 Å². The Hall–Kier alpha value is -5.87. The van der Waals surface area contributed by atoms with Gasteiger partial charge in [-0.3, -0.25) is 29.1 Å². The molecular formula is C59H83N7O12. The molecule has 4 aromatic rings. The normalized spacial score (nSPS) is 15.2. The van der Waals surface area contributed by atoms with E-state index < -0.39 is 5.91 Å². The smallest absolute Gasteiger partial charge is 0.255 e. The van der Waals surface area contributed by atoms with E-state index in [0.717, 1.165) is 63.0 Å². The summed E-state index contributed by atoms with van der Waals surface area (Å²) in [4.78, 5) is 65.5. The first kappa shape index (κ1) is 61.3. The highest BCUT2D eigenvalue weighted by Crippen LogP contribution is 2.33. The van der Waals surface area contributed by atoms with E-state index in [-0.39, 0.29) is 29.8 Å². The average Bonchev–Trinajstić information content (AvgIpc) is 3.99. The lowest BCUT2D eigenvalue weighted by atomic mass is 9.87. The number of hydrogen-bond donors (Lipinski definition) is 3. The summed E-state index contributed by atoms with van der Waals surface area (Å²) in [6.07, 6.45) is 6.10. The molecule has 2 atom stereocenters. The van der Waals surface area contributed by atoms with Crippen LogP contribution in [0.3, 0.4) is 0 Å². The van der Waals surface area contributed by atoms with Crippen molar-refractivity contribution in [3.8, 4) is 11.3 Å². The number of methoxy groups -OCH3 is 1. The number of rotatable bonds is 37. The first-order valence-corrected chi connectivity index (χ1v) is 27.7. The third-order valence-corrected chi connectivity index (χ3v) is 13.7. The van der Waals surface area contributed by atoms with Crippen molar-refractivity contribution in [1.82, 2.24) is 25.4 Å². The number of nitrogens with zero attached hydrogens (tertiary/aromatic N) is 4. The lowest BCUT2D eigenvalue weighted by Gasteiger charge is -2.26. The van der Waals surface area contributed by atoms with Crippen LogP contribution < -0.4 is 20.9 Å². The van der Waals surface area contributed by atoms with Crippen molar-refractivity contribution in [1.29, 1.82) is 0 Å². The summed E-state index contributed by atoms with van der Waals surface area (Å²) < 4.78 is 43.5. The molecule has 1 fully saturated rings. The molecule has 6 rings (SSSR count). The second-order valence-electron chi connectivity index (χ2n) is 19.0. The number of aryl methyl sites for hydroxylation is 1. The second kappa shape index (κ2) is 34.9. The van der Waals surface area contributed by atoms with Gasteiger partial charge in [0.05, 0.1) is 123 Å². The lowest BCUT2D eigenvalue weighted by molar-refractivity contribution is -0.125. The number of likely N-dealkylation sites (N-methyl/N-ethyl adjacent to an activating group) is 1. The van der Waals surface area contributed by atoms with Crippen LogP contribution in [0.2, 0.25) is 0 Å². The zero-order valence-electron chi connectivity index (χ0n) is 46.3. The first-order chi connectivity index (χ1) is 38.2. The van der Waals surface area contributed by atoms with E-state index in [9.17, 15) is 19.2 Å². The minimum Gasteiger partial charge on any atom is -0.382 e. The molecule has 19 nitrogen and oxygen atoms in total. The van der Waals surface area contributed by atoms with Crippen LogP contribution in [0, 0.1) is 0 Å². The quantitative estimate of drug-likeness (QED) is 0.0440. The monoisotopic (exact) mass is 1080 g/mol. The molecule has 3 N–H and O–H groups in total. The van der Waals surface area contributed by atoms with E-state index >= 15 is 0 Å². The van der Waals surface area contributed by atoms with E-state index in [4.69, 9.17) is 42.9 Å². The molecule has 1 aliphatic carbocycles. The van der Waals surface area contributed by atoms with Crippen molar-refractivity contribution in [3.63, 3.8) is 0 Å². The van der Waals surface area contributed by atoms with Crippen LogP contribution in [-0.4, -0.2) is 197 Å². The summed E-state index contributed by atoms with van der Waals surface area (Å²) in [6, 6.07) is 23.9. The number of pyridine rings is 1. The summed E-state index contributed by atoms with van der Waals surface area (Å²) in [7, 11) is 3.37. The van der Waals surface area contributed by atoms with Gasteiger partial charge in [-0.1, -0.05) is 30.3 Å². The number of amides is 4. The Balaban J connectivity index is 0.879. The zero-order valence-corrected chi connectivity index (χ0v) is 46.3. The molecule has 426 valence electrons. The van der Waals surface area contributed by atoms with Crippen molar-refractivity contribution < 1.29 is 57.1 Å². The van der Waals surface area contributed by atoms with E-state index in [1.807, 2.05) is 30.3 Å². The fraction of sp³-hybridized carbons (Fsp3) is 0.542. The van der Waals surface area contributed by atoms with Gasteiger partial charge < -0.3 is 63.6 Å². The summed E-state index contributed by atoms with van der Waals surface area (Å²) in [5.41, 5.74) is 6.24. The van der Waals surface area contributed by atoms with E-state index in [1.54, 1.807) is 61.7 Å². The lowest BCUT2D eigenvalue weighted by Crippen LogP contribution is -2.46. The number of carbonyl (C=O) groups is 4. The highest BCUT2D eigenvalue weighted by molar-refractivity contribution is 6.08. The third-order valence-electron chi connectivity index (χ3n) is 13.7. The van der Waals surface area contributed by atoms with E-state index in [0.29, 0.717) is 152 Å². The topological polar surface area (TPSA) is 201 Å². The third kappa shape index (κ3) is 20.1. The SMILES string of the molecule is CCN(CC)c1ccc(NC(=O)c2cccc(C(=O)N(C)CCN3CCC[C@H]3C(=O)NCCOCCOCCOCCOCCOCCOCCOCCOC)c2)c(-c2cc(C(=O)N[C@H]3CCCc4ccccc43)ccn2)c1. The van der Waals surface area contributed by atoms with Crippen molar-refractivity contribution >= 4 is 35.0 Å². The van der Waals surface area contributed by atoms with Gasteiger partial charge in [-0.25, -0.2) is 0 Å². The van der Waals surface area contributed by atoms with Gasteiger partial charge in [0.25, 0.3) is 17.7 Å². The molecule has 78 heavy (non-hydrogen) atoms. The van der Waals surface area contributed by atoms with Crippen LogP contribution in [-0.2, 0) is 49.1 Å². The Morgan fingerprint density at radius 1 is 0.654 bits per heavy atom. The maximum Gasteiger partial charge on any atom is 0.255 e. The summed E-state index contributed by atoms with van der Waals surface area (Å²) in [5, 5.41) is 9.33. The molecule has 1 aromatic heterocycles. The molecule has 3 aromatic carbocycles. The predicted molar refractivity (Wildman–Crippen MR) is 299 cm³/mol. The largest absolute Gasteiger partial charge is 0.382 e. The summed E-state index contributed by atoms with van der Waals surface area (Å²) in [5.74, 6) is -0.884. The number of ether oxygens (including phenoxy) is 8. The number of aromatic nitrogens is 1. The fourth-order valence-corrected chi connectivity index (χ4v) is 9.41. The van der Waals surface area contributed by atoms with Gasteiger partial charge in [0.2, 0.25) is 5.91 Å². The number of likely N-dealkylation sites (tertiary alicyclic amines) is 1. The van der Waals surface area contributed by atoms with Crippen molar-refractivity contribution in [2.75, 3.05) is 163 Å².